The van der Waals surface area contributed by atoms with Gasteiger partial charge in [-0.1, -0.05) is 28.1 Å². The quantitative estimate of drug-likeness (QED) is 0.921. The number of alkyl halides is 2. The van der Waals surface area contributed by atoms with Crippen molar-refractivity contribution in [2.24, 2.45) is 0 Å². The maximum absolute atomic E-state index is 13.4. The number of hydrogen-bond acceptors (Lipinski definition) is 2. The van der Waals surface area contributed by atoms with E-state index in [0.717, 1.165) is 23.1 Å². The minimum Gasteiger partial charge on any atom is -0.314 e. The van der Waals surface area contributed by atoms with E-state index in [9.17, 15) is 8.78 Å². The number of benzene rings is 1. The average Bonchev–Trinajstić information content (AvgIpc) is 2.33. The first-order valence-electron chi connectivity index (χ1n) is 6.08. The Hall–Kier alpha value is -0.520. The SMILES string of the molecule is Cc1ccc([C@@H](C(F)F)N2CCNCC2)c(Br)c1. The molecule has 1 aromatic carbocycles. The maximum Gasteiger partial charge on any atom is 0.258 e. The van der Waals surface area contributed by atoms with Gasteiger partial charge in [0.15, 0.2) is 0 Å². The van der Waals surface area contributed by atoms with E-state index in [1.807, 2.05) is 24.0 Å². The highest BCUT2D eigenvalue weighted by molar-refractivity contribution is 9.10. The number of rotatable bonds is 3. The van der Waals surface area contributed by atoms with Crippen molar-refractivity contribution in [2.75, 3.05) is 26.2 Å². The first-order chi connectivity index (χ1) is 8.59. The molecule has 0 aromatic heterocycles. The first-order valence-corrected chi connectivity index (χ1v) is 6.88. The molecule has 1 aliphatic rings. The van der Waals surface area contributed by atoms with Crippen molar-refractivity contribution >= 4 is 15.9 Å². The van der Waals surface area contributed by atoms with Gasteiger partial charge in [0.05, 0.1) is 6.04 Å². The number of piperazine rings is 1. The zero-order valence-electron chi connectivity index (χ0n) is 10.3. The van der Waals surface area contributed by atoms with Crippen LogP contribution in [-0.4, -0.2) is 37.5 Å². The lowest BCUT2D eigenvalue weighted by Crippen LogP contribution is -2.47. The molecule has 0 amide bonds. The van der Waals surface area contributed by atoms with Crippen LogP contribution in [0, 0.1) is 6.92 Å². The van der Waals surface area contributed by atoms with Crippen LogP contribution in [0.5, 0.6) is 0 Å². The fourth-order valence-electron chi connectivity index (χ4n) is 2.32. The summed E-state index contributed by atoms with van der Waals surface area (Å²) in [6.45, 7) is 4.82. The fourth-order valence-corrected chi connectivity index (χ4v) is 3.05. The van der Waals surface area contributed by atoms with Crippen molar-refractivity contribution in [2.45, 2.75) is 19.4 Å². The van der Waals surface area contributed by atoms with E-state index in [2.05, 4.69) is 21.2 Å². The molecule has 1 aliphatic heterocycles. The lowest BCUT2D eigenvalue weighted by Gasteiger charge is -2.35. The van der Waals surface area contributed by atoms with Crippen LogP contribution < -0.4 is 5.32 Å². The van der Waals surface area contributed by atoms with Gasteiger partial charge in [-0.3, -0.25) is 4.90 Å². The molecule has 0 spiro atoms. The molecule has 1 N–H and O–H groups in total. The predicted molar refractivity (Wildman–Crippen MR) is 72.1 cm³/mol. The third-order valence-corrected chi connectivity index (χ3v) is 3.95. The number of nitrogens with zero attached hydrogens (tertiary/aromatic N) is 1. The zero-order valence-corrected chi connectivity index (χ0v) is 11.9. The molecule has 0 bridgehead atoms. The summed E-state index contributed by atoms with van der Waals surface area (Å²) >= 11 is 3.41. The summed E-state index contributed by atoms with van der Waals surface area (Å²) in [7, 11) is 0. The lowest BCUT2D eigenvalue weighted by molar-refractivity contribution is 0.0178. The van der Waals surface area contributed by atoms with Crippen molar-refractivity contribution in [3.8, 4) is 0 Å². The molecule has 0 saturated carbocycles. The molecule has 18 heavy (non-hydrogen) atoms. The monoisotopic (exact) mass is 318 g/mol. The molecule has 1 atom stereocenters. The summed E-state index contributed by atoms with van der Waals surface area (Å²) in [5.74, 6) is 0. The van der Waals surface area contributed by atoms with Crippen LogP contribution in [0.4, 0.5) is 8.78 Å². The molecule has 1 aromatic rings. The van der Waals surface area contributed by atoms with Crippen LogP contribution in [0.2, 0.25) is 0 Å². The van der Waals surface area contributed by atoms with Gasteiger partial charge in [-0.05, 0) is 24.1 Å². The largest absolute Gasteiger partial charge is 0.314 e. The molecule has 100 valence electrons. The summed E-state index contributed by atoms with van der Waals surface area (Å²) in [4.78, 5) is 1.86. The van der Waals surface area contributed by atoms with Gasteiger partial charge in [-0.25, -0.2) is 8.78 Å². The van der Waals surface area contributed by atoms with E-state index in [0.29, 0.717) is 18.7 Å². The van der Waals surface area contributed by atoms with E-state index < -0.39 is 12.5 Å². The highest BCUT2D eigenvalue weighted by Gasteiger charge is 2.31. The Morgan fingerprint density at radius 3 is 2.50 bits per heavy atom. The average molecular weight is 319 g/mol. The highest BCUT2D eigenvalue weighted by Crippen LogP contribution is 2.33. The molecule has 0 radical (unpaired) electrons. The molecular weight excluding hydrogens is 302 g/mol. The Morgan fingerprint density at radius 2 is 1.94 bits per heavy atom. The Balaban J connectivity index is 2.28. The Morgan fingerprint density at radius 1 is 1.28 bits per heavy atom. The van der Waals surface area contributed by atoms with Crippen LogP contribution in [0.3, 0.4) is 0 Å². The summed E-state index contributed by atoms with van der Waals surface area (Å²) < 4.78 is 27.5. The van der Waals surface area contributed by atoms with Gasteiger partial charge in [-0.15, -0.1) is 0 Å². The smallest absolute Gasteiger partial charge is 0.258 e. The van der Waals surface area contributed by atoms with Gasteiger partial charge >= 0.3 is 0 Å². The van der Waals surface area contributed by atoms with Crippen molar-refractivity contribution in [1.82, 2.24) is 10.2 Å². The standard InChI is InChI=1S/C13H17BrF2N2/c1-9-2-3-10(11(14)8-9)12(13(15)16)18-6-4-17-5-7-18/h2-3,8,12-13,17H,4-7H2,1H3/t12-/m0/s1. The summed E-state index contributed by atoms with van der Waals surface area (Å²) in [5, 5.41) is 3.19. The molecule has 2 rings (SSSR count). The van der Waals surface area contributed by atoms with Crippen molar-refractivity contribution in [1.29, 1.82) is 0 Å². The van der Waals surface area contributed by atoms with Gasteiger partial charge in [0, 0.05) is 30.7 Å². The summed E-state index contributed by atoms with van der Waals surface area (Å²) in [5.41, 5.74) is 1.75. The molecular formula is C13H17BrF2N2. The van der Waals surface area contributed by atoms with E-state index in [1.165, 1.54) is 0 Å². The van der Waals surface area contributed by atoms with E-state index in [-0.39, 0.29) is 0 Å². The number of hydrogen-bond donors (Lipinski definition) is 1. The van der Waals surface area contributed by atoms with E-state index >= 15 is 0 Å². The number of aryl methyl sites for hydroxylation is 1. The highest BCUT2D eigenvalue weighted by atomic mass is 79.9. The number of halogens is 3. The number of nitrogens with one attached hydrogen (secondary N) is 1. The summed E-state index contributed by atoms with van der Waals surface area (Å²) in [6, 6.07) is 4.77. The van der Waals surface area contributed by atoms with Crippen molar-refractivity contribution in [3.05, 3.63) is 33.8 Å². The second kappa shape index (κ2) is 6.08. The Bertz CT molecular complexity index is 406. The minimum absolute atomic E-state index is 0.662. The third-order valence-electron chi connectivity index (χ3n) is 3.26. The fraction of sp³-hybridized carbons (Fsp3) is 0.538. The van der Waals surface area contributed by atoms with Gasteiger partial charge < -0.3 is 5.32 Å². The molecule has 1 heterocycles. The van der Waals surface area contributed by atoms with Crippen molar-refractivity contribution in [3.63, 3.8) is 0 Å². The summed E-state index contributed by atoms with van der Waals surface area (Å²) in [6.07, 6.45) is -2.37. The van der Waals surface area contributed by atoms with Gasteiger partial charge in [0.2, 0.25) is 0 Å². The second-order valence-electron chi connectivity index (χ2n) is 4.59. The minimum atomic E-state index is -2.37. The lowest BCUT2D eigenvalue weighted by atomic mass is 10.0. The third kappa shape index (κ3) is 3.08. The molecule has 1 saturated heterocycles. The van der Waals surface area contributed by atoms with Crippen LogP contribution in [0.1, 0.15) is 17.2 Å². The Labute approximate surface area is 114 Å². The second-order valence-corrected chi connectivity index (χ2v) is 5.44. The normalized spacial score (nSPS) is 19.2. The van der Waals surface area contributed by atoms with Gasteiger partial charge in [0.25, 0.3) is 6.43 Å². The molecule has 5 heteroatoms. The Kier molecular flexibility index (Phi) is 4.70. The molecule has 0 aliphatic carbocycles. The van der Waals surface area contributed by atoms with Gasteiger partial charge in [-0.2, -0.15) is 0 Å². The maximum atomic E-state index is 13.4. The zero-order chi connectivity index (χ0) is 13.1. The predicted octanol–water partition coefficient (Wildman–Crippen LogP) is 2.97. The van der Waals surface area contributed by atoms with E-state index in [1.54, 1.807) is 6.07 Å². The van der Waals surface area contributed by atoms with Crippen molar-refractivity contribution < 1.29 is 8.78 Å². The molecule has 2 nitrogen and oxygen atoms in total. The van der Waals surface area contributed by atoms with Crippen LogP contribution >= 0.6 is 15.9 Å². The first kappa shape index (κ1) is 13.9. The van der Waals surface area contributed by atoms with Crippen LogP contribution in [0.15, 0.2) is 22.7 Å². The van der Waals surface area contributed by atoms with Gasteiger partial charge in [0.1, 0.15) is 0 Å². The molecule has 1 fully saturated rings. The van der Waals surface area contributed by atoms with E-state index in [4.69, 9.17) is 0 Å². The van der Waals surface area contributed by atoms with Crippen LogP contribution in [-0.2, 0) is 0 Å². The van der Waals surface area contributed by atoms with Crippen LogP contribution in [0.25, 0.3) is 0 Å². The molecule has 0 unspecified atom stereocenters. The topological polar surface area (TPSA) is 15.3 Å².